The second-order valence-electron chi connectivity index (χ2n) is 7.32. The Bertz CT molecular complexity index is 1010. The van der Waals surface area contributed by atoms with E-state index < -0.39 is 11.7 Å². The molecule has 0 atom stereocenters. The number of nitrogens with two attached hydrogens (primary N) is 1. The largest absolute Gasteiger partial charge is 0.457 e. The maximum atomic E-state index is 12.7. The molecule has 3 rings (SSSR count). The van der Waals surface area contributed by atoms with Crippen LogP contribution in [0.5, 0.6) is 11.5 Å². The highest BCUT2D eigenvalue weighted by molar-refractivity contribution is 5.92. The van der Waals surface area contributed by atoms with Crippen molar-refractivity contribution in [1.82, 2.24) is 10.2 Å². The minimum Gasteiger partial charge on any atom is -0.457 e. The lowest BCUT2D eigenvalue weighted by Gasteiger charge is -2.29. The first-order valence-corrected chi connectivity index (χ1v) is 10.5. The van der Waals surface area contributed by atoms with Gasteiger partial charge in [-0.2, -0.15) is 13.2 Å². The third-order valence-corrected chi connectivity index (χ3v) is 4.87. The molecular formula is C25H28F3N3O2. The lowest BCUT2D eigenvalue weighted by Crippen LogP contribution is -2.36. The Labute approximate surface area is 192 Å². The number of carbonyl (C=O) groups excluding carboxylic acids is 1. The maximum Gasteiger partial charge on any atom is 0.416 e. The predicted octanol–water partition coefficient (Wildman–Crippen LogP) is 4.82. The molecular weight excluding hydrogens is 431 g/mol. The van der Waals surface area contributed by atoms with Crippen LogP contribution in [0, 0.1) is 12.3 Å². The van der Waals surface area contributed by atoms with E-state index in [1.54, 1.807) is 24.1 Å². The van der Waals surface area contributed by atoms with Crippen molar-refractivity contribution in [2.75, 3.05) is 13.2 Å². The number of hydrogen-bond donors (Lipinski definition) is 2. The molecule has 33 heavy (non-hydrogen) atoms. The first-order valence-electron chi connectivity index (χ1n) is 10.5. The summed E-state index contributed by atoms with van der Waals surface area (Å²) in [6.07, 6.45) is 3.56. The Morgan fingerprint density at radius 2 is 1.85 bits per heavy atom. The van der Waals surface area contributed by atoms with Crippen LogP contribution < -0.4 is 15.8 Å². The second-order valence-corrected chi connectivity index (χ2v) is 7.32. The number of ether oxygens (including phenoxy) is 1. The molecule has 8 heteroatoms. The van der Waals surface area contributed by atoms with Gasteiger partial charge in [-0.1, -0.05) is 13.0 Å². The SMILES string of the molecule is C#CCC.C/C(=C\NCN)C(=O)N1CCc2ccc(Oc3ccc(C(F)(F)F)cc3)cc2C1. The van der Waals surface area contributed by atoms with Crippen molar-refractivity contribution in [3.8, 4) is 23.8 Å². The first-order chi connectivity index (χ1) is 15.7. The molecule has 0 bridgehead atoms. The monoisotopic (exact) mass is 459 g/mol. The standard InChI is InChI=1S/C21H22F3N3O2.C4H6/c1-14(11-26-13-25)20(28)27-9-8-15-2-5-19(10-16(15)12-27)29-18-6-3-17(4-7-18)21(22,23)24;1-3-4-2/h2-7,10-11,26H,8-9,12-13,25H2,1H3;1H,4H2,2H3/b14-11+;. The number of nitrogens with zero attached hydrogens (tertiary/aromatic N) is 1. The van der Waals surface area contributed by atoms with Crippen LogP contribution in [-0.4, -0.2) is 24.0 Å². The highest BCUT2D eigenvalue weighted by atomic mass is 19.4. The summed E-state index contributed by atoms with van der Waals surface area (Å²) >= 11 is 0. The van der Waals surface area contributed by atoms with Gasteiger partial charge >= 0.3 is 6.18 Å². The van der Waals surface area contributed by atoms with Gasteiger partial charge in [0.15, 0.2) is 0 Å². The van der Waals surface area contributed by atoms with Crippen molar-refractivity contribution in [3.05, 3.63) is 70.9 Å². The van der Waals surface area contributed by atoms with Crippen LogP contribution in [0.4, 0.5) is 13.2 Å². The van der Waals surface area contributed by atoms with Crippen LogP contribution in [0.3, 0.4) is 0 Å². The van der Waals surface area contributed by atoms with E-state index in [1.165, 1.54) is 12.1 Å². The quantitative estimate of drug-likeness (QED) is 0.382. The van der Waals surface area contributed by atoms with E-state index in [4.69, 9.17) is 16.9 Å². The fourth-order valence-corrected chi connectivity index (χ4v) is 3.14. The molecule has 176 valence electrons. The number of rotatable bonds is 5. The summed E-state index contributed by atoms with van der Waals surface area (Å²) < 4.78 is 43.7. The molecule has 2 aromatic carbocycles. The lowest BCUT2D eigenvalue weighted by molar-refractivity contribution is -0.137. The minimum atomic E-state index is -4.38. The van der Waals surface area contributed by atoms with Crippen LogP contribution in [0.15, 0.2) is 54.2 Å². The number of halogens is 3. The summed E-state index contributed by atoms with van der Waals surface area (Å²) in [5, 5.41) is 2.81. The van der Waals surface area contributed by atoms with Gasteiger partial charge in [-0.05, 0) is 60.9 Å². The average Bonchev–Trinajstić information content (AvgIpc) is 2.81. The molecule has 2 aromatic rings. The van der Waals surface area contributed by atoms with Crippen molar-refractivity contribution < 1.29 is 22.7 Å². The third-order valence-electron chi connectivity index (χ3n) is 4.87. The Balaban J connectivity index is 0.000000890. The molecule has 0 radical (unpaired) electrons. The normalized spacial score (nSPS) is 13.2. The summed E-state index contributed by atoms with van der Waals surface area (Å²) in [6, 6.07) is 10.1. The van der Waals surface area contributed by atoms with Crippen molar-refractivity contribution in [2.45, 2.75) is 39.4 Å². The zero-order chi connectivity index (χ0) is 24.4. The van der Waals surface area contributed by atoms with Crippen LogP contribution in [0.2, 0.25) is 0 Å². The maximum absolute atomic E-state index is 12.7. The molecule has 1 aliphatic rings. The number of carbonyl (C=O) groups is 1. The van der Waals surface area contributed by atoms with Gasteiger partial charge in [-0.3, -0.25) is 4.79 Å². The van der Waals surface area contributed by atoms with E-state index >= 15 is 0 Å². The number of fused-ring (bicyclic) bond motifs is 1. The van der Waals surface area contributed by atoms with Crippen LogP contribution in [-0.2, 0) is 23.9 Å². The predicted molar refractivity (Wildman–Crippen MR) is 122 cm³/mol. The highest BCUT2D eigenvalue weighted by Gasteiger charge is 2.30. The third kappa shape index (κ3) is 7.58. The Morgan fingerprint density at radius 1 is 1.21 bits per heavy atom. The van der Waals surface area contributed by atoms with Crippen LogP contribution >= 0.6 is 0 Å². The smallest absolute Gasteiger partial charge is 0.416 e. The van der Waals surface area contributed by atoms with E-state index in [9.17, 15) is 18.0 Å². The van der Waals surface area contributed by atoms with Gasteiger partial charge in [-0.15, -0.1) is 12.3 Å². The molecule has 1 amide bonds. The molecule has 0 fully saturated rings. The zero-order valence-corrected chi connectivity index (χ0v) is 18.7. The molecule has 0 saturated carbocycles. The molecule has 0 aromatic heterocycles. The number of nitrogens with one attached hydrogen (secondary N) is 1. The molecule has 1 aliphatic heterocycles. The summed E-state index contributed by atoms with van der Waals surface area (Å²) in [5.41, 5.74) is 7.29. The van der Waals surface area contributed by atoms with Gasteiger partial charge in [0.05, 0.1) is 12.2 Å². The van der Waals surface area contributed by atoms with E-state index in [0.29, 0.717) is 30.2 Å². The highest BCUT2D eigenvalue weighted by Crippen LogP contribution is 2.32. The average molecular weight is 460 g/mol. The number of alkyl halides is 3. The minimum absolute atomic E-state index is 0.0781. The number of amides is 1. The summed E-state index contributed by atoms with van der Waals surface area (Å²) in [5.74, 6) is 3.17. The zero-order valence-electron chi connectivity index (χ0n) is 18.7. The molecule has 1 heterocycles. The van der Waals surface area contributed by atoms with Gasteiger partial charge in [-0.25, -0.2) is 0 Å². The lowest BCUT2D eigenvalue weighted by atomic mass is 9.99. The molecule has 3 N–H and O–H groups in total. The first kappa shape index (κ1) is 25.8. The Hall–Kier alpha value is -3.44. The van der Waals surface area contributed by atoms with Crippen molar-refractivity contribution >= 4 is 5.91 Å². The van der Waals surface area contributed by atoms with Gasteiger partial charge < -0.3 is 20.7 Å². The van der Waals surface area contributed by atoms with Gasteiger partial charge in [0, 0.05) is 31.3 Å². The molecule has 0 aliphatic carbocycles. The summed E-state index contributed by atoms with van der Waals surface area (Å²) in [6.45, 7) is 4.97. The van der Waals surface area contributed by atoms with E-state index in [0.717, 1.165) is 36.1 Å². The summed E-state index contributed by atoms with van der Waals surface area (Å²) in [7, 11) is 0. The molecule has 0 saturated heterocycles. The van der Waals surface area contributed by atoms with Crippen LogP contribution in [0.25, 0.3) is 0 Å². The van der Waals surface area contributed by atoms with E-state index in [-0.39, 0.29) is 12.6 Å². The van der Waals surface area contributed by atoms with Gasteiger partial charge in [0.1, 0.15) is 11.5 Å². The Kier molecular flexibility index (Phi) is 9.37. The van der Waals surface area contributed by atoms with E-state index in [2.05, 4.69) is 11.2 Å². The van der Waals surface area contributed by atoms with Crippen molar-refractivity contribution in [3.63, 3.8) is 0 Å². The fourth-order valence-electron chi connectivity index (χ4n) is 3.14. The Morgan fingerprint density at radius 3 is 2.42 bits per heavy atom. The topological polar surface area (TPSA) is 67.6 Å². The number of benzene rings is 2. The van der Waals surface area contributed by atoms with Crippen molar-refractivity contribution in [1.29, 1.82) is 0 Å². The number of hydrogen-bond acceptors (Lipinski definition) is 4. The molecule has 0 unspecified atom stereocenters. The van der Waals surface area contributed by atoms with Gasteiger partial charge in [0.2, 0.25) is 0 Å². The molecule has 0 spiro atoms. The van der Waals surface area contributed by atoms with E-state index in [1.807, 2.05) is 19.1 Å². The fraction of sp³-hybridized carbons (Fsp3) is 0.320. The molecule has 5 nitrogen and oxygen atoms in total. The number of terminal acetylenes is 1. The summed E-state index contributed by atoms with van der Waals surface area (Å²) in [4.78, 5) is 14.3. The van der Waals surface area contributed by atoms with Crippen molar-refractivity contribution in [2.24, 2.45) is 5.73 Å². The second kappa shape index (κ2) is 12.0. The van der Waals surface area contributed by atoms with Gasteiger partial charge in [0.25, 0.3) is 5.91 Å². The van der Waals surface area contributed by atoms with Crippen LogP contribution in [0.1, 0.15) is 37.0 Å².